The molecule has 2 amide bonds. The van der Waals surface area contributed by atoms with E-state index in [1.165, 1.54) is 6.07 Å². The van der Waals surface area contributed by atoms with Crippen LogP contribution in [-0.4, -0.2) is 24.9 Å². The first-order chi connectivity index (χ1) is 12.8. The second kappa shape index (κ2) is 7.51. The number of benzene rings is 2. The van der Waals surface area contributed by atoms with E-state index in [4.69, 9.17) is 0 Å². The summed E-state index contributed by atoms with van der Waals surface area (Å²) >= 11 is 0. The summed E-state index contributed by atoms with van der Waals surface area (Å²) in [5.74, 6) is -0.366. The molecule has 5 heteroatoms. The van der Waals surface area contributed by atoms with E-state index in [9.17, 15) is 14.0 Å². The molecule has 0 saturated carbocycles. The Bertz CT molecular complexity index is 876. The normalized spacial score (nSPS) is 13.4. The van der Waals surface area contributed by atoms with Gasteiger partial charge in [0.25, 0.3) is 5.91 Å². The van der Waals surface area contributed by atoms with Crippen LogP contribution < -0.4 is 10.2 Å². The molecule has 27 heavy (non-hydrogen) atoms. The van der Waals surface area contributed by atoms with Gasteiger partial charge in [0.05, 0.1) is 0 Å². The minimum absolute atomic E-state index is 0.0950. The third-order valence-electron chi connectivity index (χ3n) is 5.13. The first kappa shape index (κ1) is 19.1. The first-order valence-corrected chi connectivity index (χ1v) is 9.30. The minimum atomic E-state index is -0.526. The van der Waals surface area contributed by atoms with Crippen LogP contribution in [0.2, 0.25) is 0 Å². The molecular weight excluding hydrogens is 343 g/mol. The number of carbonyl (C=O) groups is 2. The standard InChI is InChI=1S/C22H25FN2O2/c1-4-20(26)25-12-11-15-13-16(9-10-19(15)25)21(27)24-14-22(2,3)17-7-5-6-8-18(17)23/h5-10,13H,4,11-12,14H2,1-3H3,(H,24,27). The zero-order valence-corrected chi connectivity index (χ0v) is 16.0. The molecule has 1 aliphatic rings. The van der Waals surface area contributed by atoms with Crippen molar-refractivity contribution in [1.82, 2.24) is 5.32 Å². The monoisotopic (exact) mass is 368 g/mol. The average molecular weight is 368 g/mol. The zero-order valence-electron chi connectivity index (χ0n) is 16.0. The Hall–Kier alpha value is -2.69. The van der Waals surface area contributed by atoms with Crippen molar-refractivity contribution in [3.8, 4) is 0 Å². The van der Waals surface area contributed by atoms with E-state index in [0.29, 0.717) is 30.6 Å². The van der Waals surface area contributed by atoms with E-state index in [0.717, 1.165) is 17.7 Å². The molecule has 0 spiro atoms. The lowest BCUT2D eigenvalue weighted by molar-refractivity contribution is -0.118. The summed E-state index contributed by atoms with van der Waals surface area (Å²) in [4.78, 5) is 26.4. The molecule has 0 fully saturated rings. The largest absolute Gasteiger partial charge is 0.351 e. The van der Waals surface area contributed by atoms with Gasteiger partial charge in [0.1, 0.15) is 5.82 Å². The highest BCUT2D eigenvalue weighted by Gasteiger charge is 2.26. The summed E-state index contributed by atoms with van der Waals surface area (Å²) in [5, 5.41) is 2.92. The molecule has 2 aromatic carbocycles. The molecule has 142 valence electrons. The lowest BCUT2D eigenvalue weighted by atomic mass is 9.84. The highest BCUT2D eigenvalue weighted by atomic mass is 19.1. The van der Waals surface area contributed by atoms with E-state index in [1.54, 1.807) is 29.2 Å². The summed E-state index contributed by atoms with van der Waals surface area (Å²) in [6.07, 6.45) is 1.22. The molecule has 4 nitrogen and oxygen atoms in total. The second-order valence-corrected chi connectivity index (χ2v) is 7.54. The van der Waals surface area contributed by atoms with E-state index in [1.807, 2.05) is 32.9 Å². The van der Waals surface area contributed by atoms with Gasteiger partial charge in [-0.2, -0.15) is 0 Å². The molecule has 0 atom stereocenters. The van der Waals surface area contributed by atoms with Gasteiger partial charge in [-0.05, 0) is 41.8 Å². The Morgan fingerprint density at radius 2 is 1.93 bits per heavy atom. The topological polar surface area (TPSA) is 49.4 Å². The van der Waals surface area contributed by atoms with Crippen LogP contribution in [0.1, 0.15) is 48.7 Å². The van der Waals surface area contributed by atoms with E-state index < -0.39 is 5.41 Å². The Morgan fingerprint density at radius 1 is 1.19 bits per heavy atom. The first-order valence-electron chi connectivity index (χ1n) is 9.30. The third-order valence-corrected chi connectivity index (χ3v) is 5.13. The maximum Gasteiger partial charge on any atom is 0.251 e. The Labute approximate surface area is 159 Å². The van der Waals surface area contributed by atoms with E-state index in [-0.39, 0.29) is 17.6 Å². The molecule has 1 N–H and O–H groups in total. The highest BCUT2D eigenvalue weighted by Crippen LogP contribution is 2.30. The van der Waals surface area contributed by atoms with Crippen LogP contribution in [0.25, 0.3) is 0 Å². The molecule has 1 heterocycles. The molecule has 1 aliphatic heterocycles. The zero-order chi connectivity index (χ0) is 19.6. The van der Waals surface area contributed by atoms with Crippen LogP contribution in [0.15, 0.2) is 42.5 Å². The summed E-state index contributed by atoms with van der Waals surface area (Å²) in [5.41, 5.74) is 2.52. The van der Waals surface area contributed by atoms with Gasteiger partial charge < -0.3 is 10.2 Å². The van der Waals surface area contributed by atoms with Crippen LogP contribution in [0.3, 0.4) is 0 Å². The van der Waals surface area contributed by atoms with Crippen LogP contribution in [-0.2, 0) is 16.6 Å². The lowest BCUT2D eigenvalue weighted by Crippen LogP contribution is -2.37. The lowest BCUT2D eigenvalue weighted by Gasteiger charge is -2.26. The quantitative estimate of drug-likeness (QED) is 0.872. The Balaban J connectivity index is 1.71. The van der Waals surface area contributed by atoms with E-state index >= 15 is 0 Å². The minimum Gasteiger partial charge on any atom is -0.351 e. The molecule has 0 aromatic heterocycles. The third kappa shape index (κ3) is 3.87. The number of nitrogens with zero attached hydrogens (tertiary/aromatic N) is 1. The number of rotatable bonds is 5. The summed E-state index contributed by atoms with van der Waals surface area (Å²) in [6.45, 7) is 6.64. The van der Waals surface area contributed by atoms with Gasteiger partial charge in [0, 0.05) is 36.2 Å². The van der Waals surface area contributed by atoms with E-state index in [2.05, 4.69) is 5.32 Å². The van der Waals surface area contributed by atoms with Crippen LogP contribution in [0.4, 0.5) is 10.1 Å². The van der Waals surface area contributed by atoms with Crippen molar-refractivity contribution in [3.63, 3.8) is 0 Å². The smallest absolute Gasteiger partial charge is 0.251 e. The molecule has 0 aliphatic carbocycles. The molecule has 0 saturated heterocycles. The Kier molecular flexibility index (Phi) is 5.31. The number of anilines is 1. The van der Waals surface area contributed by atoms with Crippen LogP contribution >= 0.6 is 0 Å². The Morgan fingerprint density at radius 3 is 2.63 bits per heavy atom. The van der Waals surface area contributed by atoms with Gasteiger partial charge in [-0.15, -0.1) is 0 Å². The predicted octanol–water partition coefficient (Wildman–Crippen LogP) is 3.83. The SMILES string of the molecule is CCC(=O)N1CCc2cc(C(=O)NCC(C)(C)c3ccccc3F)ccc21. The van der Waals surface area contributed by atoms with Crippen molar-refractivity contribution in [1.29, 1.82) is 0 Å². The predicted molar refractivity (Wildman–Crippen MR) is 105 cm³/mol. The van der Waals surface area contributed by atoms with Gasteiger partial charge in [-0.25, -0.2) is 4.39 Å². The maximum atomic E-state index is 14.1. The van der Waals surface area contributed by atoms with Crippen molar-refractivity contribution >= 4 is 17.5 Å². The van der Waals surface area contributed by atoms with Crippen molar-refractivity contribution in [2.45, 2.75) is 39.0 Å². The second-order valence-electron chi connectivity index (χ2n) is 7.54. The molecule has 0 radical (unpaired) electrons. The number of hydrogen-bond acceptors (Lipinski definition) is 2. The molecule has 0 unspecified atom stereocenters. The number of amides is 2. The highest BCUT2D eigenvalue weighted by molar-refractivity contribution is 5.98. The van der Waals surface area contributed by atoms with Crippen molar-refractivity contribution < 1.29 is 14.0 Å². The molecular formula is C22H25FN2O2. The van der Waals surface area contributed by atoms with Crippen molar-refractivity contribution in [2.75, 3.05) is 18.0 Å². The van der Waals surface area contributed by atoms with Gasteiger partial charge in [0.2, 0.25) is 5.91 Å². The summed E-state index contributed by atoms with van der Waals surface area (Å²) in [6, 6.07) is 12.1. The van der Waals surface area contributed by atoms with Gasteiger partial charge in [0.15, 0.2) is 0 Å². The number of nitrogens with one attached hydrogen (secondary N) is 1. The fraction of sp³-hybridized carbons (Fsp3) is 0.364. The van der Waals surface area contributed by atoms with Gasteiger partial charge in [-0.3, -0.25) is 9.59 Å². The summed E-state index contributed by atoms with van der Waals surface area (Å²) in [7, 11) is 0. The van der Waals surface area contributed by atoms with Crippen LogP contribution in [0.5, 0.6) is 0 Å². The van der Waals surface area contributed by atoms with Crippen molar-refractivity contribution in [3.05, 3.63) is 65.0 Å². The number of fused-ring (bicyclic) bond motifs is 1. The van der Waals surface area contributed by atoms with Crippen LogP contribution in [0, 0.1) is 5.82 Å². The van der Waals surface area contributed by atoms with Crippen molar-refractivity contribution in [2.24, 2.45) is 0 Å². The van der Waals surface area contributed by atoms with Gasteiger partial charge >= 0.3 is 0 Å². The maximum absolute atomic E-state index is 14.1. The summed E-state index contributed by atoms with van der Waals surface area (Å²) < 4.78 is 14.1. The van der Waals surface area contributed by atoms with Gasteiger partial charge in [-0.1, -0.05) is 39.0 Å². The molecule has 2 aromatic rings. The molecule has 3 rings (SSSR count). The average Bonchev–Trinajstić information content (AvgIpc) is 3.09. The number of hydrogen-bond donors (Lipinski definition) is 1. The fourth-order valence-corrected chi connectivity index (χ4v) is 3.50. The fourth-order valence-electron chi connectivity index (χ4n) is 3.50. The molecule has 0 bridgehead atoms. The number of carbonyl (C=O) groups excluding carboxylic acids is 2. The number of halogens is 1.